The van der Waals surface area contributed by atoms with E-state index in [9.17, 15) is 26.7 Å². The van der Waals surface area contributed by atoms with E-state index in [4.69, 9.17) is 0 Å². The predicted molar refractivity (Wildman–Crippen MR) is 65.8 cm³/mol. The van der Waals surface area contributed by atoms with Crippen molar-refractivity contribution in [3.63, 3.8) is 0 Å². The van der Waals surface area contributed by atoms with Gasteiger partial charge in [-0.2, -0.15) is 13.2 Å². The Bertz CT molecular complexity index is 676. The highest BCUT2D eigenvalue weighted by molar-refractivity contribution is 5.99. The summed E-state index contributed by atoms with van der Waals surface area (Å²) in [5.41, 5.74) is -1.93. The number of benzene rings is 2. The van der Waals surface area contributed by atoms with Crippen molar-refractivity contribution >= 4 is 5.78 Å². The summed E-state index contributed by atoms with van der Waals surface area (Å²) in [5, 5.41) is 0. The second-order valence-corrected chi connectivity index (χ2v) is 4.36. The van der Waals surface area contributed by atoms with E-state index in [0.29, 0.717) is 0 Å². The van der Waals surface area contributed by atoms with E-state index in [2.05, 4.69) is 0 Å². The first-order valence-corrected chi connectivity index (χ1v) is 5.93. The molecule has 0 aliphatic carbocycles. The molecular weight excluding hydrogens is 291 g/mol. The molecule has 0 radical (unpaired) electrons. The van der Waals surface area contributed by atoms with E-state index in [-0.39, 0.29) is 5.56 Å². The lowest BCUT2D eigenvalue weighted by molar-refractivity contribution is -0.137. The van der Waals surface area contributed by atoms with Crippen LogP contribution in [0.3, 0.4) is 0 Å². The van der Waals surface area contributed by atoms with Crippen molar-refractivity contribution in [2.75, 3.05) is 0 Å². The van der Waals surface area contributed by atoms with E-state index in [1.807, 2.05) is 0 Å². The summed E-state index contributed by atoms with van der Waals surface area (Å²) >= 11 is 0. The van der Waals surface area contributed by atoms with Crippen LogP contribution in [0.2, 0.25) is 0 Å². The SMILES string of the molecule is O=C(Cc1cccc(F)c1F)c1ccccc1C(F)(F)F. The van der Waals surface area contributed by atoms with Gasteiger partial charge in [-0.1, -0.05) is 30.3 Å². The third kappa shape index (κ3) is 3.26. The Morgan fingerprint density at radius 3 is 2.29 bits per heavy atom. The summed E-state index contributed by atoms with van der Waals surface area (Å²) in [4.78, 5) is 12.0. The summed E-state index contributed by atoms with van der Waals surface area (Å²) in [5.74, 6) is -3.30. The smallest absolute Gasteiger partial charge is 0.294 e. The summed E-state index contributed by atoms with van der Waals surface area (Å²) in [6, 6.07) is 7.44. The molecule has 0 aliphatic rings. The van der Waals surface area contributed by atoms with E-state index < -0.39 is 41.1 Å². The van der Waals surface area contributed by atoms with Crippen molar-refractivity contribution in [2.24, 2.45) is 0 Å². The van der Waals surface area contributed by atoms with E-state index in [1.54, 1.807) is 0 Å². The van der Waals surface area contributed by atoms with Gasteiger partial charge in [0.2, 0.25) is 0 Å². The van der Waals surface area contributed by atoms with Gasteiger partial charge in [0, 0.05) is 12.0 Å². The summed E-state index contributed by atoms with van der Waals surface area (Å²) in [6.45, 7) is 0. The van der Waals surface area contributed by atoms with Gasteiger partial charge in [0.15, 0.2) is 17.4 Å². The van der Waals surface area contributed by atoms with Gasteiger partial charge in [0.1, 0.15) is 0 Å². The highest BCUT2D eigenvalue weighted by Crippen LogP contribution is 2.32. The number of ketones is 1. The average Bonchev–Trinajstić information content (AvgIpc) is 2.43. The van der Waals surface area contributed by atoms with Crippen molar-refractivity contribution in [1.29, 1.82) is 0 Å². The van der Waals surface area contributed by atoms with Gasteiger partial charge in [0.25, 0.3) is 0 Å². The molecule has 2 aromatic carbocycles. The molecule has 0 aliphatic heterocycles. The standard InChI is InChI=1S/C15H9F5O/c16-12-7-3-4-9(14(12)17)8-13(21)10-5-1-2-6-11(10)15(18,19)20/h1-7H,8H2. The molecule has 0 saturated heterocycles. The summed E-state index contributed by atoms with van der Waals surface area (Å²) in [6.07, 6.45) is -5.33. The van der Waals surface area contributed by atoms with Crippen LogP contribution in [0.25, 0.3) is 0 Å². The number of halogens is 5. The minimum absolute atomic E-state index is 0.281. The summed E-state index contributed by atoms with van der Waals surface area (Å²) in [7, 11) is 0. The number of carbonyl (C=O) groups excluding carboxylic acids is 1. The first kappa shape index (κ1) is 15.2. The maximum Gasteiger partial charge on any atom is 0.417 e. The monoisotopic (exact) mass is 300 g/mol. The molecule has 110 valence electrons. The molecule has 6 heteroatoms. The van der Waals surface area contributed by atoms with Crippen LogP contribution in [-0.2, 0) is 12.6 Å². The average molecular weight is 300 g/mol. The largest absolute Gasteiger partial charge is 0.417 e. The number of rotatable bonds is 3. The maximum absolute atomic E-state index is 13.5. The lowest BCUT2D eigenvalue weighted by atomic mass is 9.98. The van der Waals surface area contributed by atoms with Crippen LogP contribution in [0.4, 0.5) is 22.0 Å². The minimum Gasteiger partial charge on any atom is -0.294 e. The molecule has 0 aromatic heterocycles. The zero-order valence-electron chi connectivity index (χ0n) is 10.5. The Morgan fingerprint density at radius 1 is 0.952 bits per heavy atom. The Morgan fingerprint density at radius 2 is 1.62 bits per heavy atom. The van der Waals surface area contributed by atoms with Crippen molar-refractivity contribution in [3.05, 3.63) is 70.8 Å². The van der Waals surface area contributed by atoms with Crippen molar-refractivity contribution in [3.8, 4) is 0 Å². The second kappa shape index (κ2) is 5.63. The van der Waals surface area contributed by atoms with Crippen molar-refractivity contribution in [2.45, 2.75) is 12.6 Å². The molecule has 21 heavy (non-hydrogen) atoms. The van der Waals surface area contributed by atoms with Gasteiger partial charge in [-0.05, 0) is 17.7 Å². The Hall–Kier alpha value is -2.24. The minimum atomic E-state index is -4.69. The highest BCUT2D eigenvalue weighted by atomic mass is 19.4. The van der Waals surface area contributed by atoms with Crippen molar-refractivity contribution < 1.29 is 26.7 Å². The van der Waals surface area contributed by atoms with Crippen molar-refractivity contribution in [1.82, 2.24) is 0 Å². The number of carbonyl (C=O) groups is 1. The fourth-order valence-electron chi connectivity index (χ4n) is 1.93. The topological polar surface area (TPSA) is 17.1 Å². The molecule has 1 nitrogen and oxygen atoms in total. The van der Waals surface area contributed by atoms with Crippen LogP contribution < -0.4 is 0 Å². The quantitative estimate of drug-likeness (QED) is 0.606. The molecule has 0 unspecified atom stereocenters. The van der Waals surface area contributed by atoms with Gasteiger partial charge in [-0.3, -0.25) is 4.79 Å². The van der Waals surface area contributed by atoms with Gasteiger partial charge in [-0.15, -0.1) is 0 Å². The third-order valence-electron chi connectivity index (χ3n) is 2.92. The number of Topliss-reactive ketones (excluding diaryl/α,β-unsaturated/α-hetero) is 1. The molecule has 0 N–H and O–H groups in total. The Kier molecular flexibility index (Phi) is 4.06. The molecule has 0 spiro atoms. The van der Waals surface area contributed by atoms with Gasteiger partial charge >= 0.3 is 6.18 Å². The van der Waals surface area contributed by atoms with Gasteiger partial charge in [0.05, 0.1) is 5.56 Å². The Labute approximate surface area is 117 Å². The molecule has 2 aromatic rings. The lowest BCUT2D eigenvalue weighted by Crippen LogP contribution is -2.15. The molecule has 0 saturated carbocycles. The van der Waals surface area contributed by atoms with Gasteiger partial charge in [-0.25, -0.2) is 8.78 Å². The van der Waals surface area contributed by atoms with E-state index >= 15 is 0 Å². The Balaban J connectivity index is 2.36. The third-order valence-corrected chi connectivity index (χ3v) is 2.92. The molecule has 0 bridgehead atoms. The molecular formula is C15H9F5O. The fraction of sp³-hybridized carbons (Fsp3) is 0.133. The van der Waals surface area contributed by atoms with E-state index in [0.717, 1.165) is 30.3 Å². The lowest BCUT2D eigenvalue weighted by Gasteiger charge is -2.12. The predicted octanol–water partition coefficient (Wildman–Crippen LogP) is 4.41. The normalized spacial score (nSPS) is 11.5. The number of hydrogen-bond acceptors (Lipinski definition) is 1. The van der Waals surface area contributed by atoms with Crippen LogP contribution in [0.15, 0.2) is 42.5 Å². The maximum atomic E-state index is 13.5. The number of hydrogen-bond donors (Lipinski definition) is 0. The van der Waals surface area contributed by atoms with E-state index in [1.165, 1.54) is 12.1 Å². The van der Waals surface area contributed by atoms with Crippen LogP contribution >= 0.6 is 0 Å². The first-order valence-electron chi connectivity index (χ1n) is 5.93. The van der Waals surface area contributed by atoms with Crippen LogP contribution in [-0.4, -0.2) is 5.78 Å². The molecule has 0 heterocycles. The van der Waals surface area contributed by atoms with Crippen LogP contribution in [0, 0.1) is 11.6 Å². The molecule has 0 atom stereocenters. The zero-order chi connectivity index (χ0) is 15.6. The van der Waals surface area contributed by atoms with Crippen LogP contribution in [0.1, 0.15) is 21.5 Å². The molecule has 2 rings (SSSR count). The zero-order valence-corrected chi connectivity index (χ0v) is 10.5. The van der Waals surface area contributed by atoms with Crippen LogP contribution in [0.5, 0.6) is 0 Å². The molecule has 0 fully saturated rings. The molecule has 0 amide bonds. The first-order chi connectivity index (χ1) is 9.80. The highest BCUT2D eigenvalue weighted by Gasteiger charge is 2.34. The number of alkyl halides is 3. The van der Waals surface area contributed by atoms with Gasteiger partial charge < -0.3 is 0 Å². The summed E-state index contributed by atoms with van der Waals surface area (Å²) < 4.78 is 64.9. The fourth-order valence-corrected chi connectivity index (χ4v) is 1.93. The second-order valence-electron chi connectivity index (χ2n) is 4.36.